The Labute approximate surface area is 139 Å². The third-order valence-corrected chi connectivity index (χ3v) is 4.84. The van der Waals surface area contributed by atoms with Crippen molar-refractivity contribution in [1.29, 1.82) is 0 Å². The zero-order valence-corrected chi connectivity index (χ0v) is 14.1. The fourth-order valence-electron chi connectivity index (χ4n) is 2.19. The number of carboxylic acids is 1. The van der Waals surface area contributed by atoms with Gasteiger partial charge in [-0.25, -0.2) is 0 Å². The van der Waals surface area contributed by atoms with Crippen LogP contribution in [0.3, 0.4) is 0 Å². The highest BCUT2D eigenvalue weighted by Crippen LogP contribution is 2.29. The van der Waals surface area contributed by atoms with Crippen LogP contribution in [0, 0.1) is 0 Å². The zero-order chi connectivity index (χ0) is 15.9. The molecule has 2 N–H and O–H groups in total. The first-order chi connectivity index (χ1) is 10.6. The van der Waals surface area contributed by atoms with Crippen LogP contribution in [0.5, 0.6) is 0 Å². The van der Waals surface area contributed by atoms with Crippen molar-refractivity contribution in [1.82, 2.24) is 5.32 Å². The number of hydrogen-bond donors (Lipinski definition) is 2. The maximum absolute atomic E-state index is 11.2. The summed E-state index contributed by atoms with van der Waals surface area (Å²) in [6.45, 7) is 2.65. The molecule has 5 heteroatoms. The van der Waals surface area contributed by atoms with E-state index in [1.807, 2.05) is 30.3 Å². The molecule has 1 heterocycles. The summed E-state index contributed by atoms with van der Waals surface area (Å²) in [6.07, 6.45) is 2.59. The van der Waals surface area contributed by atoms with Crippen molar-refractivity contribution in [3.63, 3.8) is 0 Å². The first kappa shape index (κ1) is 17.0. The Kier molecular flexibility index (Phi) is 6.43. The molecule has 0 spiro atoms. The molecule has 1 aromatic heterocycles. The molecule has 1 aromatic carbocycles. The number of benzene rings is 1. The summed E-state index contributed by atoms with van der Waals surface area (Å²) in [6, 6.07) is 11.4. The van der Waals surface area contributed by atoms with E-state index in [-0.39, 0.29) is 0 Å². The van der Waals surface area contributed by atoms with Gasteiger partial charge in [-0.1, -0.05) is 43.5 Å². The number of aliphatic carboxylic acids is 1. The highest BCUT2D eigenvalue weighted by molar-refractivity contribution is 7.15. The summed E-state index contributed by atoms with van der Waals surface area (Å²) in [5, 5.41) is 13.1. The third kappa shape index (κ3) is 4.83. The van der Waals surface area contributed by atoms with Crippen LogP contribution in [-0.2, 0) is 11.3 Å². The lowest BCUT2D eigenvalue weighted by Gasteiger charge is -2.13. The van der Waals surface area contributed by atoms with Gasteiger partial charge in [-0.3, -0.25) is 10.1 Å². The van der Waals surface area contributed by atoms with Crippen molar-refractivity contribution in [3.8, 4) is 10.4 Å². The largest absolute Gasteiger partial charge is 0.480 e. The second kappa shape index (κ2) is 8.32. The van der Waals surface area contributed by atoms with E-state index in [9.17, 15) is 9.90 Å². The number of halogens is 1. The van der Waals surface area contributed by atoms with Crippen molar-refractivity contribution in [2.75, 3.05) is 0 Å². The molecule has 0 bridgehead atoms. The Hall–Kier alpha value is -1.36. The molecule has 0 radical (unpaired) electrons. The van der Waals surface area contributed by atoms with Gasteiger partial charge in [0.15, 0.2) is 0 Å². The van der Waals surface area contributed by atoms with E-state index in [4.69, 9.17) is 11.6 Å². The fourth-order valence-corrected chi connectivity index (χ4v) is 3.28. The monoisotopic (exact) mass is 337 g/mol. The summed E-state index contributed by atoms with van der Waals surface area (Å²) in [7, 11) is 0. The molecule has 1 atom stereocenters. The maximum atomic E-state index is 11.2. The van der Waals surface area contributed by atoms with Crippen molar-refractivity contribution in [2.24, 2.45) is 0 Å². The molecule has 118 valence electrons. The number of rotatable bonds is 8. The van der Waals surface area contributed by atoms with Crippen molar-refractivity contribution < 1.29 is 9.90 Å². The summed E-state index contributed by atoms with van der Waals surface area (Å²) in [5.74, 6) is -0.775. The normalized spacial score (nSPS) is 12.3. The van der Waals surface area contributed by atoms with Crippen molar-refractivity contribution in [2.45, 2.75) is 38.8 Å². The van der Waals surface area contributed by atoms with Crippen molar-refractivity contribution in [3.05, 3.63) is 46.3 Å². The van der Waals surface area contributed by atoms with Gasteiger partial charge in [0.2, 0.25) is 0 Å². The van der Waals surface area contributed by atoms with Gasteiger partial charge in [-0.2, -0.15) is 0 Å². The second-order valence-electron chi connectivity index (χ2n) is 5.19. The Morgan fingerprint density at radius 2 is 2.00 bits per heavy atom. The van der Waals surface area contributed by atoms with Gasteiger partial charge in [0, 0.05) is 21.3 Å². The van der Waals surface area contributed by atoms with E-state index >= 15 is 0 Å². The van der Waals surface area contributed by atoms with Crippen LogP contribution < -0.4 is 5.32 Å². The van der Waals surface area contributed by atoms with Crippen molar-refractivity contribution >= 4 is 28.9 Å². The average molecular weight is 338 g/mol. The standard InChI is InChI=1S/C17H20ClNO2S/c1-2-3-4-15(17(20)21)19-11-14-9-10-16(22-14)12-5-7-13(18)8-6-12/h5-10,15,19H,2-4,11H2,1H3,(H,20,21). The molecular weight excluding hydrogens is 318 g/mol. The predicted molar refractivity (Wildman–Crippen MR) is 92.6 cm³/mol. The molecule has 0 aliphatic heterocycles. The van der Waals surface area contributed by atoms with Gasteiger partial charge in [-0.15, -0.1) is 11.3 Å². The highest BCUT2D eigenvalue weighted by atomic mass is 35.5. The Morgan fingerprint density at radius 1 is 1.27 bits per heavy atom. The van der Waals surface area contributed by atoms with Crippen LogP contribution in [0.2, 0.25) is 5.02 Å². The minimum atomic E-state index is -0.775. The van der Waals surface area contributed by atoms with Crippen LogP contribution >= 0.6 is 22.9 Å². The Morgan fingerprint density at radius 3 is 2.64 bits per heavy atom. The molecule has 22 heavy (non-hydrogen) atoms. The second-order valence-corrected chi connectivity index (χ2v) is 6.79. The lowest BCUT2D eigenvalue weighted by Crippen LogP contribution is -2.35. The lowest BCUT2D eigenvalue weighted by atomic mass is 10.1. The predicted octanol–water partition coefficient (Wildman–Crippen LogP) is 4.80. The zero-order valence-electron chi connectivity index (χ0n) is 12.5. The quantitative estimate of drug-likeness (QED) is 0.727. The third-order valence-electron chi connectivity index (χ3n) is 3.46. The van der Waals surface area contributed by atoms with E-state index in [1.165, 1.54) is 0 Å². The molecule has 0 amide bonds. The molecule has 1 unspecified atom stereocenters. The number of hydrogen-bond acceptors (Lipinski definition) is 3. The minimum Gasteiger partial charge on any atom is -0.480 e. The molecule has 0 aliphatic carbocycles. The van der Waals surface area contributed by atoms with E-state index in [0.29, 0.717) is 13.0 Å². The lowest BCUT2D eigenvalue weighted by molar-refractivity contribution is -0.139. The summed E-state index contributed by atoms with van der Waals surface area (Å²) < 4.78 is 0. The molecule has 2 rings (SSSR count). The van der Waals surface area contributed by atoms with Gasteiger partial charge in [-0.05, 0) is 36.2 Å². The highest BCUT2D eigenvalue weighted by Gasteiger charge is 2.16. The molecule has 3 nitrogen and oxygen atoms in total. The van der Waals surface area contributed by atoms with E-state index < -0.39 is 12.0 Å². The van der Waals surface area contributed by atoms with Crippen LogP contribution in [0.25, 0.3) is 10.4 Å². The molecular formula is C17H20ClNO2S. The van der Waals surface area contributed by atoms with Gasteiger partial charge in [0.05, 0.1) is 0 Å². The maximum Gasteiger partial charge on any atom is 0.320 e. The first-order valence-corrected chi connectivity index (χ1v) is 8.60. The molecule has 0 fully saturated rings. The SMILES string of the molecule is CCCCC(NCc1ccc(-c2ccc(Cl)cc2)s1)C(=O)O. The van der Waals surface area contributed by atoms with Crippen LogP contribution in [0.15, 0.2) is 36.4 Å². The van der Waals surface area contributed by atoms with E-state index in [1.54, 1.807) is 11.3 Å². The average Bonchev–Trinajstić information content (AvgIpc) is 2.96. The topological polar surface area (TPSA) is 49.3 Å². The number of carboxylic acid groups (broad SMARTS) is 1. The smallest absolute Gasteiger partial charge is 0.320 e. The van der Waals surface area contributed by atoms with Gasteiger partial charge < -0.3 is 5.11 Å². The molecule has 0 aliphatic rings. The number of nitrogens with one attached hydrogen (secondary N) is 1. The fraction of sp³-hybridized carbons (Fsp3) is 0.353. The summed E-state index contributed by atoms with van der Waals surface area (Å²) in [4.78, 5) is 13.5. The van der Waals surface area contributed by atoms with Crippen LogP contribution in [0.4, 0.5) is 0 Å². The molecule has 0 saturated heterocycles. The minimum absolute atomic E-state index is 0.471. The first-order valence-electron chi connectivity index (χ1n) is 7.41. The molecule has 0 saturated carbocycles. The van der Waals surface area contributed by atoms with Gasteiger partial charge in [0.25, 0.3) is 0 Å². The van der Waals surface area contributed by atoms with Gasteiger partial charge >= 0.3 is 5.97 Å². The number of carbonyl (C=O) groups is 1. The summed E-state index contributed by atoms with van der Waals surface area (Å²) >= 11 is 7.57. The molecule has 2 aromatic rings. The Bertz CT molecular complexity index is 609. The van der Waals surface area contributed by atoms with E-state index in [0.717, 1.165) is 33.2 Å². The van der Waals surface area contributed by atoms with E-state index in [2.05, 4.69) is 18.3 Å². The van der Waals surface area contributed by atoms with Crippen LogP contribution in [0.1, 0.15) is 31.1 Å². The Balaban J connectivity index is 1.96. The summed E-state index contributed by atoms with van der Waals surface area (Å²) in [5.41, 5.74) is 1.13. The van der Waals surface area contributed by atoms with Crippen LogP contribution in [-0.4, -0.2) is 17.1 Å². The van der Waals surface area contributed by atoms with Gasteiger partial charge in [0.1, 0.15) is 6.04 Å². The number of thiophene rings is 1. The number of unbranched alkanes of at least 4 members (excludes halogenated alkanes) is 1.